The highest BCUT2D eigenvalue weighted by Crippen LogP contribution is 2.33. The SMILES string of the molecule is CSc1cc(C(=O)NC2(CC(=O)O)CCCC2)ccc1F. The van der Waals surface area contributed by atoms with Crippen LogP contribution in [0, 0.1) is 5.82 Å². The maximum absolute atomic E-state index is 13.5. The van der Waals surface area contributed by atoms with E-state index in [0.29, 0.717) is 23.3 Å². The predicted molar refractivity (Wildman–Crippen MR) is 79.1 cm³/mol. The molecule has 0 radical (unpaired) electrons. The summed E-state index contributed by atoms with van der Waals surface area (Å²) in [5, 5.41) is 11.9. The molecule has 1 aromatic carbocycles. The number of carbonyl (C=O) groups excluding carboxylic acids is 1. The third-order valence-electron chi connectivity index (χ3n) is 3.84. The predicted octanol–water partition coefficient (Wildman–Crippen LogP) is 3.06. The highest BCUT2D eigenvalue weighted by molar-refractivity contribution is 7.98. The number of carbonyl (C=O) groups is 2. The molecule has 0 bridgehead atoms. The van der Waals surface area contributed by atoms with Gasteiger partial charge in [0.1, 0.15) is 5.82 Å². The van der Waals surface area contributed by atoms with Crippen LogP contribution < -0.4 is 5.32 Å². The van der Waals surface area contributed by atoms with E-state index in [9.17, 15) is 14.0 Å². The molecule has 1 aliphatic carbocycles. The lowest BCUT2D eigenvalue weighted by molar-refractivity contribution is -0.138. The molecule has 2 rings (SSSR count). The van der Waals surface area contributed by atoms with Crippen molar-refractivity contribution in [3.63, 3.8) is 0 Å². The third kappa shape index (κ3) is 3.75. The lowest BCUT2D eigenvalue weighted by atomic mass is 9.92. The molecule has 0 aliphatic heterocycles. The van der Waals surface area contributed by atoms with Gasteiger partial charge in [-0.15, -0.1) is 11.8 Å². The van der Waals surface area contributed by atoms with E-state index in [1.54, 1.807) is 6.26 Å². The van der Waals surface area contributed by atoms with Crippen molar-refractivity contribution in [3.05, 3.63) is 29.6 Å². The maximum Gasteiger partial charge on any atom is 0.305 e. The number of hydrogen-bond donors (Lipinski definition) is 2. The fourth-order valence-electron chi connectivity index (χ4n) is 2.80. The molecule has 0 aromatic heterocycles. The Morgan fingerprint density at radius 1 is 1.38 bits per heavy atom. The summed E-state index contributed by atoms with van der Waals surface area (Å²) in [6.45, 7) is 0. The minimum Gasteiger partial charge on any atom is -0.481 e. The van der Waals surface area contributed by atoms with Crippen molar-refractivity contribution in [2.75, 3.05) is 6.26 Å². The van der Waals surface area contributed by atoms with Gasteiger partial charge in [-0.2, -0.15) is 0 Å². The van der Waals surface area contributed by atoms with E-state index < -0.39 is 11.5 Å². The number of amides is 1. The summed E-state index contributed by atoms with van der Waals surface area (Å²) in [5.41, 5.74) is -0.311. The lowest BCUT2D eigenvalue weighted by Crippen LogP contribution is -2.47. The largest absolute Gasteiger partial charge is 0.481 e. The Morgan fingerprint density at radius 3 is 2.62 bits per heavy atom. The van der Waals surface area contributed by atoms with Gasteiger partial charge in [0.25, 0.3) is 5.91 Å². The van der Waals surface area contributed by atoms with Gasteiger partial charge in [-0.3, -0.25) is 9.59 Å². The number of carboxylic acid groups (broad SMARTS) is 1. The van der Waals surface area contributed by atoms with Gasteiger partial charge in [0.15, 0.2) is 0 Å². The summed E-state index contributed by atoms with van der Waals surface area (Å²) in [7, 11) is 0. The molecular weight excluding hydrogens is 293 g/mol. The quantitative estimate of drug-likeness (QED) is 0.820. The summed E-state index contributed by atoms with van der Waals surface area (Å²) in [6.07, 6.45) is 4.82. The molecule has 1 aromatic rings. The second kappa shape index (κ2) is 6.47. The first kappa shape index (κ1) is 15.8. The van der Waals surface area contributed by atoms with Crippen molar-refractivity contribution in [1.29, 1.82) is 0 Å². The summed E-state index contributed by atoms with van der Waals surface area (Å²) >= 11 is 1.23. The molecule has 1 fully saturated rings. The van der Waals surface area contributed by atoms with Gasteiger partial charge in [0.05, 0.1) is 12.0 Å². The first-order valence-corrected chi connectivity index (χ1v) is 8.06. The van der Waals surface area contributed by atoms with Crippen LogP contribution in [-0.4, -0.2) is 28.8 Å². The number of nitrogens with one attached hydrogen (secondary N) is 1. The smallest absolute Gasteiger partial charge is 0.305 e. The standard InChI is InChI=1S/C15H18FNO3S/c1-21-12-8-10(4-5-11(12)16)14(20)17-15(9-13(18)19)6-2-3-7-15/h4-5,8H,2-3,6-7,9H2,1H3,(H,17,20)(H,18,19). The van der Waals surface area contributed by atoms with E-state index in [1.807, 2.05) is 0 Å². The van der Waals surface area contributed by atoms with Gasteiger partial charge in [-0.05, 0) is 37.3 Å². The number of rotatable bonds is 5. The molecule has 4 nitrogen and oxygen atoms in total. The molecule has 1 saturated carbocycles. The molecule has 1 aliphatic rings. The summed E-state index contributed by atoms with van der Waals surface area (Å²) < 4.78 is 13.5. The molecule has 0 atom stereocenters. The van der Waals surface area contributed by atoms with E-state index in [0.717, 1.165) is 12.8 Å². The van der Waals surface area contributed by atoms with E-state index >= 15 is 0 Å². The summed E-state index contributed by atoms with van der Waals surface area (Å²) in [6, 6.07) is 4.19. The van der Waals surface area contributed by atoms with Crippen LogP contribution in [0.15, 0.2) is 23.1 Å². The number of benzene rings is 1. The average Bonchev–Trinajstić information content (AvgIpc) is 2.86. The van der Waals surface area contributed by atoms with Gasteiger partial charge in [-0.1, -0.05) is 12.8 Å². The zero-order chi connectivity index (χ0) is 15.5. The van der Waals surface area contributed by atoms with E-state index in [4.69, 9.17) is 5.11 Å². The summed E-state index contributed by atoms with van der Waals surface area (Å²) in [4.78, 5) is 23.8. The van der Waals surface area contributed by atoms with Crippen LogP contribution >= 0.6 is 11.8 Å². The van der Waals surface area contributed by atoms with Crippen LogP contribution in [-0.2, 0) is 4.79 Å². The normalized spacial score (nSPS) is 16.7. The summed E-state index contributed by atoms with van der Waals surface area (Å²) in [5.74, 6) is -1.62. The van der Waals surface area contributed by atoms with Crippen LogP contribution in [0.25, 0.3) is 0 Å². The zero-order valence-electron chi connectivity index (χ0n) is 11.8. The molecule has 0 unspecified atom stereocenters. The van der Waals surface area contributed by atoms with Crippen LogP contribution in [0.2, 0.25) is 0 Å². The van der Waals surface area contributed by atoms with E-state index in [2.05, 4.69) is 5.32 Å². The van der Waals surface area contributed by atoms with Crippen molar-refractivity contribution in [1.82, 2.24) is 5.32 Å². The molecule has 114 valence electrons. The Morgan fingerprint density at radius 2 is 2.05 bits per heavy atom. The molecule has 0 spiro atoms. The second-order valence-corrected chi connectivity index (χ2v) is 6.21. The Labute approximate surface area is 127 Å². The first-order valence-electron chi connectivity index (χ1n) is 6.84. The van der Waals surface area contributed by atoms with Gasteiger partial charge in [0.2, 0.25) is 0 Å². The molecule has 21 heavy (non-hydrogen) atoms. The number of aliphatic carboxylic acids is 1. The second-order valence-electron chi connectivity index (χ2n) is 5.36. The number of thioether (sulfide) groups is 1. The zero-order valence-corrected chi connectivity index (χ0v) is 12.6. The molecule has 0 heterocycles. The molecule has 6 heteroatoms. The van der Waals surface area contributed by atoms with E-state index in [1.165, 1.54) is 30.0 Å². The molecule has 1 amide bonds. The fraction of sp³-hybridized carbons (Fsp3) is 0.467. The first-order chi connectivity index (χ1) is 9.96. The van der Waals surface area contributed by atoms with Gasteiger partial charge in [-0.25, -0.2) is 4.39 Å². The minimum atomic E-state index is -0.916. The topological polar surface area (TPSA) is 66.4 Å². The Hall–Kier alpha value is -1.56. The number of halogens is 1. The Bertz CT molecular complexity index is 556. The highest BCUT2D eigenvalue weighted by Gasteiger charge is 2.37. The van der Waals surface area contributed by atoms with Crippen molar-refractivity contribution in [2.45, 2.75) is 42.5 Å². The molecule has 2 N–H and O–H groups in total. The van der Waals surface area contributed by atoms with Gasteiger partial charge < -0.3 is 10.4 Å². The van der Waals surface area contributed by atoms with Crippen molar-refractivity contribution in [2.24, 2.45) is 0 Å². The Kier molecular flexibility index (Phi) is 4.88. The number of carboxylic acids is 1. The average molecular weight is 311 g/mol. The minimum absolute atomic E-state index is 0.0741. The monoisotopic (exact) mass is 311 g/mol. The Balaban J connectivity index is 2.17. The van der Waals surface area contributed by atoms with Crippen LogP contribution in [0.3, 0.4) is 0 Å². The van der Waals surface area contributed by atoms with Gasteiger partial charge >= 0.3 is 5.97 Å². The number of hydrogen-bond acceptors (Lipinski definition) is 3. The molecular formula is C15H18FNO3S. The highest BCUT2D eigenvalue weighted by atomic mass is 32.2. The lowest BCUT2D eigenvalue weighted by Gasteiger charge is -2.28. The van der Waals surface area contributed by atoms with Crippen molar-refractivity contribution in [3.8, 4) is 0 Å². The third-order valence-corrected chi connectivity index (χ3v) is 4.59. The van der Waals surface area contributed by atoms with Crippen molar-refractivity contribution < 1.29 is 19.1 Å². The van der Waals surface area contributed by atoms with Crippen LogP contribution in [0.5, 0.6) is 0 Å². The van der Waals surface area contributed by atoms with Gasteiger partial charge in [0, 0.05) is 10.5 Å². The van der Waals surface area contributed by atoms with E-state index in [-0.39, 0.29) is 18.1 Å². The fourth-order valence-corrected chi connectivity index (χ4v) is 3.31. The maximum atomic E-state index is 13.5. The van der Waals surface area contributed by atoms with Crippen LogP contribution in [0.1, 0.15) is 42.5 Å². The van der Waals surface area contributed by atoms with Crippen LogP contribution in [0.4, 0.5) is 4.39 Å². The van der Waals surface area contributed by atoms with Crippen molar-refractivity contribution >= 4 is 23.6 Å². The molecule has 0 saturated heterocycles.